The van der Waals surface area contributed by atoms with E-state index in [2.05, 4.69) is 19.9 Å². The Morgan fingerprint density at radius 3 is 2.62 bits per heavy atom. The molecule has 1 amide bonds. The lowest BCUT2D eigenvalue weighted by Crippen LogP contribution is -2.29. The number of hydrogen-bond donors (Lipinski definition) is 2. The number of halogens is 3. The zero-order valence-electron chi connectivity index (χ0n) is 13.0. The monoisotopic (exact) mass is 385 g/mol. The summed E-state index contributed by atoms with van der Waals surface area (Å²) in [5.41, 5.74) is 0.389. The first-order chi connectivity index (χ1) is 12.0. The molecule has 8 nitrogen and oxygen atoms in total. The second kappa shape index (κ2) is 6.05. The first kappa shape index (κ1) is 17.8. The van der Waals surface area contributed by atoms with Gasteiger partial charge in [-0.15, -0.1) is 0 Å². The van der Waals surface area contributed by atoms with E-state index < -0.39 is 27.9 Å². The first-order valence-electron chi connectivity index (χ1n) is 6.95. The Labute approximate surface area is 144 Å². The molecular weight excluding hydrogens is 375 g/mol. The molecule has 12 heteroatoms. The summed E-state index contributed by atoms with van der Waals surface area (Å²) < 4.78 is 62.1. The SMILES string of the molecule is CS(=O)(=O)NC(=O)c1cccc(-c2nc3nc(C(F)(F)F)ncc3[nH]2)c1. The standard InChI is InChI=1S/C14H10F3N5O3S/c1-26(24,25)22-12(23)8-4-2-3-7(5-8)10-19-9-6-18-13(14(15,16)17)21-11(9)20-10/h2-6H,1H3,(H,22,23)(H,18,19,20,21). The molecule has 3 aromatic rings. The smallest absolute Gasteiger partial charge is 0.335 e. The van der Waals surface area contributed by atoms with Gasteiger partial charge in [-0.2, -0.15) is 13.2 Å². The average Bonchev–Trinajstić information content (AvgIpc) is 2.95. The normalized spacial score (nSPS) is 12.3. The number of nitrogens with zero attached hydrogens (tertiary/aromatic N) is 3. The van der Waals surface area contributed by atoms with Gasteiger partial charge >= 0.3 is 6.18 Å². The van der Waals surface area contributed by atoms with Crippen molar-refractivity contribution < 1.29 is 26.4 Å². The predicted octanol–water partition coefficient (Wildman–Crippen LogP) is 1.73. The van der Waals surface area contributed by atoms with Crippen molar-refractivity contribution in [2.75, 3.05) is 6.26 Å². The third kappa shape index (κ3) is 3.79. The molecule has 3 rings (SSSR count). The molecule has 0 aliphatic carbocycles. The quantitative estimate of drug-likeness (QED) is 0.709. The van der Waals surface area contributed by atoms with Crippen molar-refractivity contribution in [2.24, 2.45) is 0 Å². The summed E-state index contributed by atoms with van der Waals surface area (Å²) in [5, 5.41) is 0. The number of rotatable bonds is 3. The number of carbonyl (C=O) groups is 1. The van der Waals surface area contributed by atoms with Crippen molar-refractivity contribution in [2.45, 2.75) is 6.18 Å². The van der Waals surface area contributed by atoms with E-state index in [4.69, 9.17) is 0 Å². The van der Waals surface area contributed by atoms with Gasteiger partial charge in [0.05, 0.1) is 12.5 Å². The Bertz CT molecular complexity index is 1110. The van der Waals surface area contributed by atoms with Crippen LogP contribution in [0.25, 0.3) is 22.6 Å². The fourth-order valence-electron chi connectivity index (χ4n) is 2.12. The number of sulfonamides is 1. The number of amides is 1. The van der Waals surface area contributed by atoms with Gasteiger partial charge in [0, 0.05) is 11.1 Å². The van der Waals surface area contributed by atoms with E-state index in [0.29, 0.717) is 5.56 Å². The molecule has 0 bridgehead atoms. The minimum Gasteiger partial charge on any atom is -0.335 e. The fraction of sp³-hybridized carbons (Fsp3) is 0.143. The molecule has 26 heavy (non-hydrogen) atoms. The van der Waals surface area contributed by atoms with Gasteiger partial charge in [-0.3, -0.25) is 4.79 Å². The van der Waals surface area contributed by atoms with E-state index in [1.54, 1.807) is 6.07 Å². The lowest BCUT2D eigenvalue weighted by atomic mass is 10.1. The highest BCUT2D eigenvalue weighted by atomic mass is 32.2. The van der Waals surface area contributed by atoms with Crippen molar-refractivity contribution in [3.05, 3.63) is 41.9 Å². The summed E-state index contributed by atoms with van der Waals surface area (Å²) in [6, 6.07) is 5.75. The Kier molecular flexibility index (Phi) is 4.14. The van der Waals surface area contributed by atoms with E-state index in [-0.39, 0.29) is 22.6 Å². The lowest BCUT2D eigenvalue weighted by Gasteiger charge is -2.04. The van der Waals surface area contributed by atoms with Gasteiger partial charge in [0.1, 0.15) is 11.3 Å². The largest absolute Gasteiger partial charge is 0.451 e. The molecule has 2 heterocycles. The van der Waals surface area contributed by atoms with Crippen LogP contribution in [-0.4, -0.2) is 40.5 Å². The lowest BCUT2D eigenvalue weighted by molar-refractivity contribution is -0.144. The Balaban J connectivity index is 1.99. The van der Waals surface area contributed by atoms with Crippen LogP contribution in [0, 0.1) is 0 Å². The van der Waals surface area contributed by atoms with Crippen LogP contribution < -0.4 is 4.72 Å². The summed E-state index contributed by atoms with van der Waals surface area (Å²) in [6.07, 6.45) is -2.90. The topological polar surface area (TPSA) is 118 Å². The number of nitrogens with one attached hydrogen (secondary N) is 2. The van der Waals surface area contributed by atoms with E-state index in [0.717, 1.165) is 12.5 Å². The van der Waals surface area contributed by atoms with Gasteiger partial charge in [0.2, 0.25) is 15.8 Å². The number of hydrogen-bond acceptors (Lipinski definition) is 6. The number of fused-ring (bicyclic) bond motifs is 1. The van der Waals surface area contributed by atoms with Crippen molar-refractivity contribution >= 4 is 27.1 Å². The Morgan fingerprint density at radius 1 is 1.23 bits per heavy atom. The molecule has 0 saturated heterocycles. The second-order valence-electron chi connectivity index (χ2n) is 5.30. The van der Waals surface area contributed by atoms with Gasteiger partial charge in [-0.05, 0) is 12.1 Å². The molecular formula is C14H10F3N5O3S. The summed E-state index contributed by atoms with van der Waals surface area (Å²) >= 11 is 0. The highest BCUT2D eigenvalue weighted by Gasteiger charge is 2.35. The summed E-state index contributed by atoms with van der Waals surface area (Å²) in [6.45, 7) is 0. The van der Waals surface area contributed by atoms with Crippen LogP contribution in [0.3, 0.4) is 0 Å². The number of benzene rings is 1. The van der Waals surface area contributed by atoms with Crippen LogP contribution in [0.2, 0.25) is 0 Å². The molecule has 136 valence electrons. The number of aromatic amines is 1. The zero-order valence-corrected chi connectivity index (χ0v) is 13.8. The molecule has 0 aliphatic rings. The van der Waals surface area contributed by atoms with E-state index >= 15 is 0 Å². The third-order valence-corrected chi connectivity index (χ3v) is 3.73. The minimum absolute atomic E-state index is 0.0374. The maximum atomic E-state index is 12.7. The predicted molar refractivity (Wildman–Crippen MR) is 84.4 cm³/mol. The summed E-state index contributed by atoms with van der Waals surface area (Å²) in [7, 11) is -3.74. The molecule has 0 aliphatic heterocycles. The van der Waals surface area contributed by atoms with Crippen molar-refractivity contribution in [3.63, 3.8) is 0 Å². The molecule has 0 saturated carbocycles. The zero-order chi connectivity index (χ0) is 19.1. The first-order valence-corrected chi connectivity index (χ1v) is 8.84. The van der Waals surface area contributed by atoms with Gasteiger partial charge in [0.25, 0.3) is 5.91 Å². The van der Waals surface area contributed by atoms with Crippen LogP contribution in [0.1, 0.15) is 16.2 Å². The summed E-state index contributed by atoms with van der Waals surface area (Å²) in [4.78, 5) is 25.2. The average molecular weight is 385 g/mol. The van der Waals surface area contributed by atoms with Crippen LogP contribution in [0.4, 0.5) is 13.2 Å². The molecule has 0 radical (unpaired) electrons. The van der Waals surface area contributed by atoms with Gasteiger partial charge in [0.15, 0.2) is 5.65 Å². The number of aromatic nitrogens is 4. The Morgan fingerprint density at radius 2 is 1.96 bits per heavy atom. The maximum absolute atomic E-state index is 12.7. The van der Waals surface area contributed by atoms with E-state index in [9.17, 15) is 26.4 Å². The van der Waals surface area contributed by atoms with Crippen LogP contribution >= 0.6 is 0 Å². The Hall–Kier alpha value is -3.02. The molecule has 0 atom stereocenters. The second-order valence-corrected chi connectivity index (χ2v) is 7.05. The molecule has 1 aromatic carbocycles. The van der Waals surface area contributed by atoms with Crippen LogP contribution in [0.5, 0.6) is 0 Å². The molecule has 0 unspecified atom stereocenters. The van der Waals surface area contributed by atoms with E-state index in [1.807, 2.05) is 4.72 Å². The number of imidazole rings is 1. The van der Waals surface area contributed by atoms with Crippen molar-refractivity contribution in [1.82, 2.24) is 24.7 Å². The third-order valence-electron chi connectivity index (χ3n) is 3.17. The molecule has 0 fully saturated rings. The van der Waals surface area contributed by atoms with Crippen molar-refractivity contribution in [3.8, 4) is 11.4 Å². The highest BCUT2D eigenvalue weighted by molar-refractivity contribution is 7.89. The van der Waals surface area contributed by atoms with E-state index in [1.165, 1.54) is 18.2 Å². The number of H-pyrrole nitrogens is 1. The van der Waals surface area contributed by atoms with Crippen LogP contribution in [0.15, 0.2) is 30.5 Å². The minimum atomic E-state index is -4.70. The maximum Gasteiger partial charge on any atom is 0.451 e. The number of carbonyl (C=O) groups excluding carboxylic acids is 1. The van der Waals surface area contributed by atoms with Crippen LogP contribution in [-0.2, 0) is 16.2 Å². The van der Waals surface area contributed by atoms with Gasteiger partial charge in [-0.1, -0.05) is 12.1 Å². The van der Waals surface area contributed by atoms with Gasteiger partial charge < -0.3 is 4.98 Å². The molecule has 2 N–H and O–H groups in total. The van der Waals surface area contributed by atoms with Gasteiger partial charge in [-0.25, -0.2) is 28.1 Å². The molecule has 2 aromatic heterocycles. The summed E-state index contributed by atoms with van der Waals surface area (Å²) in [5.74, 6) is -2.00. The van der Waals surface area contributed by atoms with Crippen molar-refractivity contribution in [1.29, 1.82) is 0 Å². The fourth-order valence-corrected chi connectivity index (χ4v) is 2.57. The number of alkyl halides is 3. The highest BCUT2D eigenvalue weighted by Crippen LogP contribution is 2.27. The molecule has 0 spiro atoms.